The van der Waals surface area contributed by atoms with Gasteiger partial charge in [-0.1, -0.05) is 19.1 Å². The van der Waals surface area contributed by atoms with Crippen LogP contribution in [0.5, 0.6) is 17.2 Å². The Balaban J connectivity index is 1.82. The van der Waals surface area contributed by atoms with Crippen molar-refractivity contribution >= 4 is 17.4 Å². The highest BCUT2D eigenvalue weighted by Gasteiger charge is 2.44. The lowest BCUT2D eigenvalue weighted by Crippen LogP contribution is -2.31. The van der Waals surface area contributed by atoms with Crippen LogP contribution in [0.2, 0.25) is 0 Å². The molecule has 2 aliphatic rings. The Morgan fingerprint density at radius 3 is 2.48 bits per heavy atom. The highest BCUT2D eigenvalue weighted by Crippen LogP contribution is 2.44. The van der Waals surface area contributed by atoms with Crippen LogP contribution >= 0.6 is 0 Å². The molecule has 4 rings (SSSR count). The van der Waals surface area contributed by atoms with Crippen LogP contribution in [0.1, 0.15) is 24.9 Å². The Kier molecular flexibility index (Phi) is 4.88. The summed E-state index contributed by atoms with van der Waals surface area (Å²) in [4.78, 5) is 27.0. The fourth-order valence-electron chi connectivity index (χ4n) is 3.63. The zero-order chi connectivity index (χ0) is 20.5. The Bertz CT molecular complexity index is 995. The number of hydrogen-bond donors (Lipinski definition) is 1. The van der Waals surface area contributed by atoms with E-state index < -0.39 is 17.7 Å². The second kappa shape index (κ2) is 7.50. The van der Waals surface area contributed by atoms with Crippen molar-refractivity contribution in [2.75, 3.05) is 25.2 Å². The fraction of sp³-hybridized carbons (Fsp3) is 0.273. The lowest BCUT2D eigenvalue weighted by Gasteiger charge is -2.28. The highest BCUT2D eigenvalue weighted by atomic mass is 16.6. The highest BCUT2D eigenvalue weighted by molar-refractivity contribution is 6.16. The molecule has 2 aromatic rings. The fourth-order valence-corrected chi connectivity index (χ4v) is 3.63. The van der Waals surface area contributed by atoms with E-state index in [-0.39, 0.29) is 17.8 Å². The van der Waals surface area contributed by atoms with E-state index in [0.717, 1.165) is 0 Å². The third kappa shape index (κ3) is 3.18. The van der Waals surface area contributed by atoms with Gasteiger partial charge in [0.15, 0.2) is 23.0 Å². The smallest absolute Gasteiger partial charge is 0.294 e. The van der Waals surface area contributed by atoms with E-state index in [9.17, 15) is 14.7 Å². The first-order valence-electron chi connectivity index (χ1n) is 9.38. The maximum absolute atomic E-state index is 13.0. The van der Waals surface area contributed by atoms with Crippen LogP contribution in [0.15, 0.2) is 53.8 Å². The summed E-state index contributed by atoms with van der Waals surface area (Å²) in [6, 6.07) is 11.5. The Morgan fingerprint density at radius 2 is 1.83 bits per heavy atom. The summed E-state index contributed by atoms with van der Waals surface area (Å²) in [5.74, 6) is 0.337. The molecular formula is C22H21NO6. The van der Waals surface area contributed by atoms with Gasteiger partial charge in [-0.25, -0.2) is 0 Å². The van der Waals surface area contributed by atoms with Crippen molar-refractivity contribution in [2.24, 2.45) is 0 Å². The minimum atomic E-state index is -0.747. The molecule has 1 unspecified atom stereocenters. The number of carbonyl (C=O) groups is 2. The summed E-state index contributed by atoms with van der Waals surface area (Å²) < 4.78 is 16.4. The summed E-state index contributed by atoms with van der Waals surface area (Å²) in [6.07, 6.45) is 0.175. The number of fused-ring (bicyclic) bond motifs is 1. The Hall–Kier alpha value is -3.48. The normalized spacial score (nSPS) is 18.2. The van der Waals surface area contributed by atoms with Crippen molar-refractivity contribution in [3.05, 3.63) is 59.4 Å². The molecule has 0 aromatic heterocycles. The second-order valence-electron chi connectivity index (χ2n) is 6.72. The van der Waals surface area contributed by atoms with Gasteiger partial charge in [0, 0.05) is 18.2 Å². The number of nitrogens with zero attached hydrogens (tertiary/aromatic N) is 1. The van der Waals surface area contributed by atoms with E-state index in [1.54, 1.807) is 56.5 Å². The lowest BCUT2D eigenvalue weighted by molar-refractivity contribution is -0.118. The predicted octanol–water partition coefficient (Wildman–Crippen LogP) is 3.35. The zero-order valence-electron chi connectivity index (χ0n) is 16.2. The molecular weight excluding hydrogens is 374 g/mol. The molecule has 29 heavy (non-hydrogen) atoms. The maximum Gasteiger partial charge on any atom is 0.294 e. The quantitative estimate of drug-likeness (QED) is 0.836. The van der Waals surface area contributed by atoms with Crippen molar-refractivity contribution < 1.29 is 28.9 Å². The van der Waals surface area contributed by atoms with E-state index in [1.807, 2.05) is 0 Å². The summed E-state index contributed by atoms with van der Waals surface area (Å²) in [5.41, 5.74) is 1.29. The van der Waals surface area contributed by atoms with Crippen LogP contribution in [0.4, 0.5) is 5.69 Å². The van der Waals surface area contributed by atoms with Gasteiger partial charge in [-0.15, -0.1) is 0 Å². The number of anilines is 1. The Morgan fingerprint density at radius 1 is 1.14 bits per heavy atom. The van der Waals surface area contributed by atoms with Crippen LogP contribution in [-0.2, 0) is 9.59 Å². The molecule has 0 saturated heterocycles. The summed E-state index contributed by atoms with van der Waals surface area (Å²) in [7, 11) is 1.56. The topological polar surface area (TPSA) is 85.3 Å². The summed E-state index contributed by atoms with van der Waals surface area (Å²) in [6.45, 7) is 2.57. The van der Waals surface area contributed by atoms with Crippen molar-refractivity contribution in [3.8, 4) is 17.2 Å². The van der Waals surface area contributed by atoms with Crippen LogP contribution in [0, 0.1) is 0 Å². The number of rotatable bonds is 5. The summed E-state index contributed by atoms with van der Waals surface area (Å²) >= 11 is 0. The minimum Gasteiger partial charge on any atom is -0.503 e. The molecule has 0 fully saturated rings. The number of aliphatic hydroxyl groups is 1. The molecule has 1 N–H and O–H groups in total. The van der Waals surface area contributed by atoms with E-state index in [2.05, 4.69) is 0 Å². The summed E-state index contributed by atoms with van der Waals surface area (Å²) in [5, 5.41) is 10.5. The number of benzene rings is 2. The second-order valence-corrected chi connectivity index (χ2v) is 6.72. The van der Waals surface area contributed by atoms with Gasteiger partial charge in [0.05, 0.1) is 18.7 Å². The molecule has 2 aromatic carbocycles. The van der Waals surface area contributed by atoms with Crippen molar-refractivity contribution in [1.82, 2.24) is 0 Å². The van der Waals surface area contributed by atoms with Gasteiger partial charge in [0.1, 0.15) is 19.0 Å². The van der Waals surface area contributed by atoms with Crippen molar-refractivity contribution in [2.45, 2.75) is 19.4 Å². The van der Waals surface area contributed by atoms with E-state index in [0.29, 0.717) is 41.7 Å². The maximum atomic E-state index is 13.0. The molecule has 0 radical (unpaired) electrons. The van der Waals surface area contributed by atoms with Gasteiger partial charge in [-0.05, 0) is 29.8 Å². The lowest BCUT2D eigenvalue weighted by atomic mass is 9.94. The average molecular weight is 395 g/mol. The van der Waals surface area contributed by atoms with Crippen LogP contribution in [-0.4, -0.2) is 37.1 Å². The molecule has 0 spiro atoms. The molecule has 2 aliphatic heterocycles. The number of carbonyl (C=O) groups excluding carboxylic acids is 2. The molecule has 150 valence electrons. The van der Waals surface area contributed by atoms with Gasteiger partial charge in [-0.2, -0.15) is 0 Å². The van der Waals surface area contributed by atoms with Gasteiger partial charge < -0.3 is 19.3 Å². The largest absolute Gasteiger partial charge is 0.503 e. The monoisotopic (exact) mass is 395 g/mol. The van der Waals surface area contributed by atoms with Crippen LogP contribution in [0.25, 0.3) is 0 Å². The standard InChI is InChI=1S/C22H21NO6/c1-3-16(24)19-20(13-4-7-15(27-2)8-5-13)23(22(26)21(19)25)14-6-9-17-18(12-14)29-11-10-28-17/h4-9,12,20,25H,3,10-11H2,1-2H3. The molecule has 7 nitrogen and oxygen atoms in total. The van der Waals surface area contributed by atoms with Gasteiger partial charge in [0.2, 0.25) is 0 Å². The number of ketones is 1. The molecule has 0 saturated carbocycles. The first-order chi connectivity index (χ1) is 14.0. The number of hydrogen-bond acceptors (Lipinski definition) is 6. The van der Waals surface area contributed by atoms with Crippen molar-refractivity contribution in [1.29, 1.82) is 0 Å². The predicted molar refractivity (Wildman–Crippen MR) is 106 cm³/mol. The SMILES string of the molecule is CCC(=O)C1=C(O)C(=O)N(c2ccc3c(c2)OCCO3)C1c1ccc(OC)cc1. The van der Waals surface area contributed by atoms with Crippen LogP contribution in [0.3, 0.4) is 0 Å². The van der Waals surface area contributed by atoms with Gasteiger partial charge in [0.25, 0.3) is 5.91 Å². The average Bonchev–Trinajstić information content (AvgIpc) is 3.03. The van der Waals surface area contributed by atoms with Crippen LogP contribution < -0.4 is 19.1 Å². The number of aliphatic hydroxyl groups excluding tert-OH is 1. The molecule has 2 heterocycles. The van der Waals surface area contributed by atoms with E-state index >= 15 is 0 Å². The zero-order valence-corrected chi connectivity index (χ0v) is 16.2. The number of amides is 1. The molecule has 0 aliphatic carbocycles. The first kappa shape index (κ1) is 18.9. The van der Waals surface area contributed by atoms with Gasteiger partial charge >= 0.3 is 0 Å². The third-order valence-corrected chi connectivity index (χ3v) is 5.07. The molecule has 1 atom stereocenters. The third-order valence-electron chi connectivity index (χ3n) is 5.07. The van der Waals surface area contributed by atoms with Crippen molar-refractivity contribution in [3.63, 3.8) is 0 Å². The van der Waals surface area contributed by atoms with E-state index in [4.69, 9.17) is 14.2 Å². The molecule has 0 bridgehead atoms. The number of methoxy groups -OCH3 is 1. The van der Waals surface area contributed by atoms with E-state index in [1.165, 1.54) is 4.90 Å². The number of Topliss-reactive ketones (excluding diaryl/α,β-unsaturated/α-hetero) is 1. The Labute approximate surface area is 168 Å². The first-order valence-corrected chi connectivity index (χ1v) is 9.38. The minimum absolute atomic E-state index is 0.0950. The molecule has 1 amide bonds. The van der Waals surface area contributed by atoms with Gasteiger partial charge in [-0.3, -0.25) is 14.5 Å². The number of ether oxygens (including phenoxy) is 3. The molecule has 7 heteroatoms.